The van der Waals surface area contributed by atoms with E-state index >= 15 is 0 Å². The fourth-order valence-electron chi connectivity index (χ4n) is 4.05. The molecule has 0 bridgehead atoms. The lowest BCUT2D eigenvalue weighted by molar-refractivity contribution is -0.137. The average molecular weight is 555 g/mol. The molecular formula is C28H25F3N4O3S. The van der Waals surface area contributed by atoms with Crippen LogP contribution in [0.3, 0.4) is 0 Å². The van der Waals surface area contributed by atoms with E-state index in [2.05, 4.69) is 10.7 Å². The second-order valence-corrected chi connectivity index (χ2v) is 9.59. The van der Waals surface area contributed by atoms with Crippen LogP contribution in [0.4, 0.5) is 24.5 Å². The van der Waals surface area contributed by atoms with Gasteiger partial charge in [0.15, 0.2) is 0 Å². The quantitative estimate of drug-likeness (QED) is 0.393. The summed E-state index contributed by atoms with van der Waals surface area (Å²) in [5.74, 6) is -1.65. The van der Waals surface area contributed by atoms with Crippen LogP contribution in [0.5, 0.6) is 0 Å². The summed E-state index contributed by atoms with van der Waals surface area (Å²) in [5, 5.41) is 3.44. The number of amides is 3. The number of hydrogen-bond acceptors (Lipinski definition) is 4. The van der Waals surface area contributed by atoms with Crippen LogP contribution in [-0.2, 0) is 15.8 Å². The van der Waals surface area contributed by atoms with Gasteiger partial charge in [0, 0.05) is 11.3 Å². The highest BCUT2D eigenvalue weighted by Crippen LogP contribution is 2.33. The number of hydrazine groups is 1. The van der Waals surface area contributed by atoms with Gasteiger partial charge in [-0.2, -0.15) is 13.2 Å². The highest BCUT2D eigenvalue weighted by Gasteiger charge is 2.42. The number of nitrogens with one attached hydrogen (secondary N) is 2. The van der Waals surface area contributed by atoms with Gasteiger partial charge in [0.2, 0.25) is 16.9 Å². The van der Waals surface area contributed by atoms with Crippen molar-refractivity contribution in [2.75, 3.05) is 10.2 Å². The molecule has 0 unspecified atom stereocenters. The highest BCUT2D eigenvalue weighted by molar-refractivity contribution is 7.80. The first-order valence-electron chi connectivity index (χ1n) is 12.1. The van der Waals surface area contributed by atoms with Crippen LogP contribution in [0.25, 0.3) is 0 Å². The third-order valence-electron chi connectivity index (χ3n) is 6.16. The van der Waals surface area contributed by atoms with Crippen molar-refractivity contribution < 1.29 is 27.6 Å². The summed E-state index contributed by atoms with van der Waals surface area (Å²) >= 11 is 5.47. The van der Waals surface area contributed by atoms with Crippen LogP contribution in [0.2, 0.25) is 0 Å². The maximum Gasteiger partial charge on any atom is 0.416 e. The summed E-state index contributed by atoms with van der Waals surface area (Å²) in [7, 11) is 0. The minimum atomic E-state index is -4.65. The Bertz CT molecular complexity index is 1400. The molecule has 1 aliphatic rings. The third-order valence-corrected chi connectivity index (χ3v) is 6.54. The fourth-order valence-corrected chi connectivity index (χ4v) is 4.43. The van der Waals surface area contributed by atoms with Crippen molar-refractivity contribution in [2.45, 2.75) is 38.4 Å². The highest BCUT2D eigenvalue weighted by atomic mass is 32.1. The molecule has 0 radical (unpaired) electrons. The van der Waals surface area contributed by atoms with Crippen LogP contribution in [0.15, 0.2) is 78.9 Å². The number of hydrogen-bond donors (Lipinski definition) is 2. The van der Waals surface area contributed by atoms with E-state index in [4.69, 9.17) is 12.2 Å². The maximum atomic E-state index is 13.4. The van der Waals surface area contributed by atoms with Crippen LogP contribution in [-0.4, -0.2) is 33.9 Å². The Hall–Kier alpha value is -4.25. The molecule has 1 fully saturated rings. The molecule has 0 saturated carbocycles. The van der Waals surface area contributed by atoms with Crippen molar-refractivity contribution in [2.24, 2.45) is 0 Å². The zero-order chi connectivity index (χ0) is 28.3. The summed E-state index contributed by atoms with van der Waals surface area (Å²) < 4.78 is 40.1. The molecule has 202 valence electrons. The van der Waals surface area contributed by atoms with Gasteiger partial charge in [0.1, 0.15) is 6.04 Å². The predicted octanol–water partition coefficient (Wildman–Crippen LogP) is 5.50. The van der Waals surface area contributed by atoms with Gasteiger partial charge in [-0.15, -0.1) is 0 Å². The van der Waals surface area contributed by atoms with Gasteiger partial charge < -0.3 is 5.32 Å². The van der Waals surface area contributed by atoms with Crippen molar-refractivity contribution in [3.05, 3.63) is 95.6 Å². The van der Waals surface area contributed by atoms with Crippen molar-refractivity contribution in [3.63, 3.8) is 0 Å². The summed E-state index contributed by atoms with van der Waals surface area (Å²) in [6.45, 7) is 4.07. The molecule has 0 aromatic heterocycles. The molecule has 0 spiro atoms. The predicted molar refractivity (Wildman–Crippen MR) is 145 cm³/mol. The van der Waals surface area contributed by atoms with Gasteiger partial charge in [-0.25, -0.2) is 5.01 Å². The minimum absolute atomic E-state index is 0.137. The molecule has 1 heterocycles. The number of rotatable bonds is 6. The molecule has 39 heavy (non-hydrogen) atoms. The first kappa shape index (κ1) is 27.8. The van der Waals surface area contributed by atoms with Crippen LogP contribution >= 0.6 is 12.2 Å². The number of alkyl halides is 3. The first-order chi connectivity index (χ1) is 18.5. The van der Waals surface area contributed by atoms with Gasteiger partial charge >= 0.3 is 6.18 Å². The number of thiocarbonyl (C=S) groups is 1. The van der Waals surface area contributed by atoms with Crippen molar-refractivity contribution in [3.8, 4) is 0 Å². The van der Waals surface area contributed by atoms with Gasteiger partial charge in [-0.05, 0) is 66.2 Å². The number of carbonyl (C=O) groups excluding carboxylic acids is 3. The number of nitrogens with zero attached hydrogens (tertiary/aromatic N) is 2. The van der Waals surface area contributed by atoms with E-state index in [1.807, 2.05) is 26.0 Å². The standard InChI is InChI=1S/C28H25F3N4O3S/c1-17(2)18-11-13-21(14-12-18)32-26(38)23-16-24(36)34(22-10-6-9-20(15-22)28(29,30)31)27(39)35(23)33-25(37)19-7-4-3-5-8-19/h3-15,17,23H,16H2,1-2H3,(H,32,38)(H,33,37)/t23-/m1/s1. The van der Waals surface area contributed by atoms with Gasteiger partial charge in [0.25, 0.3) is 5.91 Å². The number of anilines is 2. The molecule has 3 aromatic rings. The Morgan fingerprint density at radius 1 is 0.974 bits per heavy atom. The maximum absolute atomic E-state index is 13.4. The van der Waals surface area contributed by atoms with Gasteiger partial charge in [-0.3, -0.25) is 24.7 Å². The zero-order valence-corrected chi connectivity index (χ0v) is 21.8. The molecule has 2 N–H and O–H groups in total. The lowest BCUT2D eigenvalue weighted by Gasteiger charge is -2.41. The van der Waals surface area contributed by atoms with Crippen LogP contribution in [0.1, 0.15) is 47.7 Å². The summed E-state index contributed by atoms with van der Waals surface area (Å²) in [6.07, 6.45) is -5.10. The van der Waals surface area contributed by atoms with E-state index in [0.717, 1.165) is 33.7 Å². The van der Waals surface area contributed by atoms with Gasteiger partial charge in [-0.1, -0.05) is 50.2 Å². The SMILES string of the molecule is CC(C)c1ccc(NC(=O)[C@H]2CC(=O)N(c3cccc(C(F)(F)F)c3)C(=S)N2NC(=O)c2ccccc2)cc1. The monoisotopic (exact) mass is 554 g/mol. The van der Waals surface area contributed by atoms with E-state index < -0.39 is 41.9 Å². The van der Waals surface area contributed by atoms with Crippen molar-refractivity contribution in [1.29, 1.82) is 0 Å². The largest absolute Gasteiger partial charge is 0.416 e. The molecule has 1 saturated heterocycles. The third kappa shape index (κ3) is 6.26. The Balaban J connectivity index is 1.65. The Kier molecular flexibility index (Phi) is 8.01. The molecule has 1 atom stereocenters. The van der Waals surface area contributed by atoms with Gasteiger partial charge in [0.05, 0.1) is 17.7 Å². The second kappa shape index (κ2) is 11.2. The molecule has 3 aromatic carbocycles. The summed E-state index contributed by atoms with van der Waals surface area (Å²) in [5.41, 5.74) is 3.25. The number of carbonyl (C=O) groups is 3. The van der Waals surface area contributed by atoms with Crippen molar-refractivity contribution in [1.82, 2.24) is 10.4 Å². The number of benzene rings is 3. The first-order valence-corrected chi connectivity index (χ1v) is 12.5. The van der Waals surface area contributed by atoms with Crippen molar-refractivity contribution >= 4 is 46.4 Å². The van der Waals surface area contributed by atoms with Crippen LogP contribution in [0, 0.1) is 0 Å². The normalized spacial score (nSPS) is 15.9. The topological polar surface area (TPSA) is 81.8 Å². The molecule has 4 rings (SSSR count). The van der Waals surface area contributed by atoms with E-state index in [-0.39, 0.29) is 22.3 Å². The Morgan fingerprint density at radius 3 is 2.26 bits per heavy atom. The molecule has 7 nitrogen and oxygen atoms in total. The van der Waals surface area contributed by atoms with Crippen LogP contribution < -0.4 is 15.6 Å². The second-order valence-electron chi connectivity index (χ2n) is 9.22. The summed E-state index contributed by atoms with van der Waals surface area (Å²) in [6, 6.07) is 18.1. The fraction of sp³-hybridized carbons (Fsp3) is 0.214. The average Bonchev–Trinajstić information content (AvgIpc) is 2.90. The lowest BCUT2D eigenvalue weighted by atomic mass is 10.0. The van der Waals surface area contributed by atoms with E-state index in [1.54, 1.807) is 42.5 Å². The van der Waals surface area contributed by atoms with E-state index in [1.165, 1.54) is 6.07 Å². The molecular weight excluding hydrogens is 529 g/mol. The Morgan fingerprint density at radius 2 is 1.64 bits per heavy atom. The smallest absolute Gasteiger partial charge is 0.324 e. The molecule has 3 amide bonds. The van der Waals surface area contributed by atoms with E-state index in [0.29, 0.717) is 5.69 Å². The van der Waals surface area contributed by atoms with E-state index in [9.17, 15) is 27.6 Å². The molecule has 1 aliphatic heterocycles. The molecule has 11 heteroatoms. The molecule has 0 aliphatic carbocycles. The zero-order valence-electron chi connectivity index (χ0n) is 21.0. The number of halogens is 3. The summed E-state index contributed by atoms with van der Waals surface area (Å²) in [4.78, 5) is 40.4. The Labute approximate surface area is 228 Å². The lowest BCUT2D eigenvalue weighted by Crippen LogP contribution is -2.65. The minimum Gasteiger partial charge on any atom is -0.324 e.